The Hall–Kier alpha value is -3.50. The average Bonchev–Trinajstić information content (AvgIpc) is 3.25. The summed E-state index contributed by atoms with van der Waals surface area (Å²) in [6.45, 7) is 9.07. The molecule has 5 rings (SSSR count). The number of carbonyl (C=O) groups excluding carboxylic acids is 2. The first-order valence-corrected chi connectivity index (χ1v) is 12.5. The first kappa shape index (κ1) is 24.2. The maximum atomic E-state index is 13.7. The highest BCUT2D eigenvalue weighted by Gasteiger charge is 2.30. The van der Waals surface area contributed by atoms with Crippen LogP contribution in [0.4, 0.5) is 0 Å². The van der Waals surface area contributed by atoms with Crippen molar-refractivity contribution in [2.45, 2.75) is 19.9 Å². The summed E-state index contributed by atoms with van der Waals surface area (Å²) in [6, 6.07) is 9.30. The van der Waals surface area contributed by atoms with Gasteiger partial charge in [-0.3, -0.25) is 19.3 Å². The summed E-state index contributed by atoms with van der Waals surface area (Å²) in [4.78, 5) is 45.3. The zero-order valence-electron chi connectivity index (χ0n) is 20.8. The Morgan fingerprint density at radius 3 is 2.31 bits per heavy atom. The van der Waals surface area contributed by atoms with E-state index in [0.29, 0.717) is 81.5 Å². The molecule has 36 heavy (non-hydrogen) atoms. The second-order valence-corrected chi connectivity index (χ2v) is 9.59. The predicted molar refractivity (Wildman–Crippen MR) is 135 cm³/mol. The molecule has 10 heteroatoms. The van der Waals surface area contributed by atoms with Crippen LogP contribution in [-0.4, -0.2) is 99.9 Å². The number of aromatic nitrogens is 3. The molecule has 2 amide bonds. The Kier molecular flexibility index (Phi) is 6.88. The van der Waals surface area contributed by atoms with Gasteiger partial charge in [-0.2, -0.15) is 9.78 Å². The lowest BCUT2D eigenvalue weighted by molar-refractivity contribution is -0.136. The molecule has 4 heterocycles. The molecule has 4 aliphatic heterocycles. The van der Waals surface area contributed by atoms with E-state index in [1.807, 2.05) is 53.6 Å². The summed E-state index contributed by atoms with van der Waals surface area (Å²) in [5, 5.41) is 4.58. The number of amides is 2. The number of morpholine rings is 1. The first-order valence-electron chi connectivity index (χ1n) is 12.5. The van der Waals surface area contributed by atoms with Crippen LogP contribution in [-0.2, 0) is 9.53 Å². The smallest absolute Gasteiger partial charge is 0.282 e. The van der Waals surface area contributed by atoms with Gasteiger partial charge in [0.1, 0.15) is 5.69 Å². The fourth-order valence-electron chi connectivity index (χ4n) is 4.71. The Morgan fingerprint density at radius 2 is 1.64 bits per heavy atom. The van der Waals surface area contributed by atoms with Gasteiger partial charge in [-0.1, -0.05) is 18.2 Å². The number of piperazine rings is 1. The number of para-hydroxylation sites is 1. The van der Waals surface area contributed by atoms with E-state index in [9.17, 15) is 14.4 Å². The van der Waals surface area contributed by atoms with Crippen molar-refractivity contribution in [3.63, 3.8) is 0 Å². The molecule has 0 aromatic heterocycles. The maximum absolute atomic E-state index is 13.7. The molecule has 0 unspecified atom stereocenters. The van der Waals surface area contributed by atoms with Crippen LogP contribution in [0, 0.1) is 0 Å². The van der Waals surface area contributed by atoms with Crippen molar-refractivity contribution in [3.05, 3.63) is 58.6 Å². The molecule has 0 aliphatic carbocycles. The highest BCUT2D eigenvalue weighted by atomic mass is 16.5. The number of rotatable bonds is 5. The zero-order chi connectivity index (χ0) is 25.2. The van der Waals surface area contributed by atoms with E-state index in [2.05, 4.69) is 10.00 Å². The fraction of sp³-hybridized carbons (Fsp3) is 0.462. The quantitative estimate of drug-likeness (QED) is 0.534. The number of benzene rings is 1. The third-order valence-electron chi connectivity index (χ3n) is 6.90. The van der Waals surface area contributed by atoms with Gasteiger partial charge in [-0.25, -0.2) is 0 Å². The minimum Gasteiger partial charge on any atom is -0.378 e. The molecule has 0 radical (unpaired) electrons. The van der Waals surface area contributed by atoms with Crippen LogP contribution in [0.3, 0.4) is 0 Å². The molecular weight excluding hydrogens is 460 g/mol. The van der Waals surface area contributed by atoms with E-state index in [1.54, 1.807) is 17.3 Å². The van der Waals surface area contributed by atoms with E-state index in [4.69, 9.17) is 4.74 Å². The molecule has 2 saturated heterocycles. The standard InChI is InChI=1S/C26H32N6O4/c1-19(2)31-16-21(24-22(17-31)26(35)32(27-24)20-6-4-3-5-7-20)25(34)30-10-8-28(9-11-30)18-23(33)29-12-14-36-15-13-29/h3-7,16-17,19H,8-15,18H2,1-2H3. The molecule has 0 spiro atoms. The second-order valence-electron chi connectivity index (χ2n) is 9.59. The Morgan fingerprint density at radius 1 is 0.944 bits per heavy atom. The highest BCUT2D eigenvalue weighted by Crippen LogP contribution is 2.25. The molecule has 0 bridgehead atoms. The summed E-state index contributed by atoms with van der Waals surface area (Å²) in [6.07, 6.45) is 3.58. The van der Waals surface area contributed by atoms with Crippen molar-refractivity contribution >= 4 is 11.8 Å². The molecule has 2 fully saturated rings. The van der Waals surface area contributed by atoms with Crippen molar-refractivity contribution < 1.29 is 14.3 Å². The molecule has 0 saturated carbocycles. The van der Waals surface area contributed by atoms with Crippen LogP contribution < -0.4 is 5.56 Å². The van der Waals surface area contributed by atoms with Gasteiger partial charge in [0.25, 0.3) is 11.5 Å². The van der Waals surface area contributed by atoms with Crippen LogP contribution in [0.25, 0.3) is 16.9 Å². The van der Waals surface area contributed by atoms with Crippen LogP contribution in [0.15, 0.2) is 47.5 Å². The summed E-state index contributed by atoms with van der Waals surface area (Å²) >= 11 is 0. The number of pyridine rings is 1. The summed E-state index contributed by atoms with van der Waals surface area (Å²) in [5.41, 5.74) is 1.67. The first-order chi connectivity index (χ1) is 17.4. The zero-order valence-corrected chi connectivity index (χ0v) is 20.8. The average molecular weight is 493 g/mol. The third-order valence-corrected chi connectivity index (χ3v) is 6.90. The van der Waals surface area contributed by atoms with Gasteiger partial charge in [0, 0.05) is 57.7 Å². The summed E-state index contributed by atoms with van der Waals surface area (Å²) in [5.74, 6) is -0.0397. The maximum Gasteiger partial charge on any atom is 0.282 e. The van der Waals surface area contributed by atoms with Gasteiger partial charge >= 0.3 is 0 Å². The van der Waals surface area contributed by atoms with Crippen LogP contribution in [0.2, 0.25) is 0 Å². The van der Waals surface area contributed by atoms with Crippen molar-refractivity contribution in [1.82, 2.24) is 29.0 Å². The number of fused-ring (bicyclic) bond motifs is 1. The molecule has 10 nitrogen and oxygen atoms in total. The SMILES string of the molecule is CC(C)n1cc(C(=O)N2CCN(CC(=O)N3CCOCC3)CC2)c2nn(-c3ccccc3)c(=O)c-2c1. The largest absolute Gasteiger partial charge is 0.378 e. The summed E-state index contributed by atoms with van der Waals surface area (Å²) < 4.78 is 8.59. The van der Waals surface area contributed by atoms with Crippen LogP contribution in [0.5, 0.6) is 0 Å². The van der Waals surface area contributed by atoms with Gasteiger partial charge in [0.15, 0.2) is 0 Å². The molecule has 190 valence electrons. The number of hydrogen-bond acceptors (Lipinski definition) is 6. The van der Waals surface area contributed by atoms with E-state index >= 15 is 0 Å². The molecule has 0 N–H and O–H groups in total. The monoisotopic (exact) mass is 492 g/mol. The van der Waals surface area contributed by atoms with E-state index in [1.165, 1.54) is 4.68 Å². The Bertz CT molecular complexity index is 1250. The minimum atomic E-state index is -0.244. The van der Waals surface area contributed by atoms with Gasteiger partial charge < -0.3 is 19.1 Å². The van der Waals surface area contributed by atoms with Crippen LogP contribution >= 0.6 is 0 Å². The van der Waals surface area contributed by atoms with Crippen molar-refractivity contribution in [1.29, 1.82) is 0 Å². The summed E-state index contributed by atoms with van der Waals surface area (Å²) in [7, 11) is 0. The van der Waals surface area contributed by atoms with Crippen molar-refractivity contribution in [3.8, 4) is 16.9 Å². The number of ether oxygens (including phenoxy) is 1. The normalized spacial score (nSPS) is 17.2. The molecule has 1 aromatic carbocycles. The van der Waals surface area contributed by atoms with Crippen LogP contribution in [0.1, 0.15) is 30.2 Å². The Balaban J connectivity index is 1.36. The Labute approximate surface area is 210 Å². The molecule has 0 atom stereocenters. The highest BCUT2D eigenvalue weighted by molar-refractivity contribution is 6.00. The van der Waals surface area contributed by atoms with Crippen molar-refractivity contribution in [2.75, 3.05) is 59.0 Å². The number of hydrogen-bond donors (Lipinski definition) is 0. The number of nitrogens with zero attached hydrogens (tertiary/aromatic N) is 6. The van der Waals surface area contributed by atoms with Gasteiger partial charge in [-0.05, 0) is 26.0 Å². The molecule has 1 aromatic rings. The number of carbonyl (C=O) groups is 2. The lowest BCUT2D eigenvalue weighted by atomic mass is 10.1. The van der Waals surface area contributed by atoms with Gasteiger partial charge in [0.2, 0.25) is 5.91 Å². The van der Waals surface area contributed by atoms with E-state index in [0.717, 1.165) is 0 Å². The van der Waals surface area contributed by atoms with Gasteiger partial charge in [-0.15, -0.1) is 0 Å². The topological polar surface area (TPSA) is 92.9 Å². The van der Waals surface area contributed by atoms with E-state index in [-0.39, 0.29) is 23.4 Å². The molecular formula is C26H32N6O4. The minimum absolute atomic E-state index is 0.0727. The molecule has 4 aliphatic rings. The predicted octanol–water partition coefficient (Wildman–Crippen LogP) is 1.34. The van der Waals surface area contributed by atoms with Crippen molar-refractivity contribution in [2.24, 2.45) is 0 Å². The third kappa shape index (κ3) is 4.78. The lowest BCUT2D eigenvalue weighted by Gasteiger charge is -2.36. The van der Waals surface area contributed by atoms with Gasteiger partial charge in [0.05, 0.1) is 36.6 Å². The second kappa shape index (κ2) is 10.2. The fourth-order valence-corrected chi connectivity index (χ4v) is 4.71. The lowest BCUT2D eigenvalue weighted by Crippen LogP contribution is -2.52. The van der Waals surface area contributed by atoms with E-state index < -0.39 is 0 Å².